The van der Waals surface area contributed by atoms with Gasteiger partial charge in [-0.05, 0) is 37.2 Å². The van der Waals surface area contributed by atoms with Gasteiger partial charge in [0.25, 0.3) is 5.69 Å². The summed E-state index contributed by atoms with van der Waals surface area (Å²) in [5, 5.41) is 18.1. The summed E-state index contributed by atoms with van der Waals surface area (Å²) >= 11 is 5.14. The minimum absolute atomic E-state index is 0.0130. The fourth-order valence-corrected chi connectivity index (χ4v) is 3.28. The number of carbonyl (C=O) groups excluding carboxylic acids is 1. The number of hydrogen-bond donors (Lipinski definition) is 1. The number of H-pyrrole nitrogens is 1. The summed E-state index contributed by atoms with van der Waals surface area (Å²) in [5.41, 5.74) is 0.406. The topological polar surface area (TPSA) is 97.1 Å². The molecule has 3 rings (SSSR count). The molecule has 0 unspecified atom stereocenters. The zero-order valence-electron chi connectivity index (χ0n) is 14.3. The maximum atomic E-state index is 12.4. The second kappa shape index (κ2) is 7.61. The van der Waals surface area contributed by atoms with E-state index in [0.717, 1.165) is 18.7 Å². The predicted molar refractivity (Wildman–Crippen MR) is 99.1 cm³/mol. The van der Waals surface area contributed by atoms with Gasteiger partial charge in [0, 0.05) is 38.2 Å². The van der Waals surface area contributed by atoms with Crippen molar-refractivity contribution in [1.82, 2.24) is 19.7 Å². The van der Waals surface area contributed by atoms with Crippen molar-refractivity contribution >= 4 is 29.9 Å². The van der Waals surface area contributed by atoms with Crippen LogP contribution in [0.25, 0.3) is 6.08 Å². The second-order valence-electron chi connectivity index (χ2n) is 6.19. The number of rotatable bonds is 4. The smallest absolute Gasteiger partial charge is 0.276 e. The molecule has 1 amide bonds. The van der Waals surface area contributed by atoms with Crippen LogP contribution in [0.3, 0.4) is 0 Å². The minimum atomic E-state index is -0.451. The van der Waals surface area contributed by atoms with Crippen LogP contribution >= 0.6 is 12.2 Å². The van der Waals surface area contributed by atoms with E-state index >= 15 is 0 Å². The number of nitro benzene ring substituents is 1. The van der Waals surface area contributed by atoms with Gasteiger partial charge in [-0.2, -0.15) is 5.10 Å². The molecule has 0 saturated carbocycles. The number of aromatic amines is 1. The van der Waals surface area contributed by atoms with Crippen molar-refractivity contribution in [1.29, 1.82) is 0 Å². The average Bonchev–Trinajstić information content (AvgIpc) is 2.99. The number of benzene rings is 1. The van der Waals surface area contributed by atoms with Crippen molar-refractivity contribution in [3.05, 3.63) is 56.6 Å². The first-order chi connectivity index (χ1) is 12.5. The monoisotopic (exact) mass is 373 g/mol. The van der Waals surface area contributed by atoms with Crippen LogP contribution in [-0.4, -0.2) is 43.6 Å². The number of nitrogens with zero attached hydrogens (tertiary/aromatic N) is 4. The SMILES string of the molecule is Cn1c(C2CCN(C(=O)/C=C/c3ccccc3[N+](=O)[O-])CC2)n[nH]c1=S. The van der Waals surface area contributed by atoms with Gasteiger partial charge < -0.3 is 9.47 Å². The van der Waals surface area contributed by atoms with Crippen LogP contribution in [0.1, 0.15) is 30.1 Å². The van der Waals surface area contributed by atoms with E-state index in [2.05, 4.69) is 10.2 Å². The fourth-order valence-electron chi connectivity index (χ4n) is 3.14. The summed E-state index contributed by atoms with van der Waals surface area (Å²) in [5.74, 6) is 1.03. The first kappa shape index (κ1) is 18.0. The van der Waals surface area contributed by atoms with Gasteiger partial charge in [0.15, 0.2) is 4.77 Å². The number of piperidine rings is 1. The molecule has 0 atom stereocenters. The van der Waals surface area contributed by atoms with Crippen LogP contribution in [-0.2, 0) is 11.8 Å². The van der Waals surface area contributed by atoms with Gasteiger partial charge in [-0.15, -0.1) is 0 Å². The normalized spacial score (nSPS) is 15.5. The molecular formula is C17H19N5O3S. The molecule has 2 heterocycles. The number of likely N-dealkylation sites (tertiary alicyclic amines) is 1. The van der Waals surface area contributed by atoms with Crippen LogP contribution in [0.2, 0.25) is 0 Å². The van der Waals surface area contributed by atoms with Crippen LogP contribution in [0.15, 0.2) is 30.3 Å². The molecule has 1 fully saturated rings. The number of carbonyl (C=O) groups is 1. The number of hydrogen-bond acceptors (Lipinski definition) is 5. The molecule has 1 N–H and O–H groups in total. The molecule has 1 saturated heterocycles. The third kappa shape index (κ3) is 3.72. The predicted octanol–water partition coefficient (Wildman–Crippen LogP) is 2.81. The Morgan fingerprint density at radius 3 is 2.69 bits per heavy atom. The lowest BCUT2D eigenvalue weighted by Gasteiger charge is -2.30. The lowest BCUT2D eigenvalue weighted by Crippen LogP contribution is -2.37. The minimum Gasteiger partial charge on any atom is -0.339 e. The van der Waals surface area contributed by atoms with E-state index in [4.69, 9.17) is 12.2 Å². The highest BCUT2D eigenvalue weighted by Gasteiger charge is 2.25. The fraction of sp³-hybridized carbons (Fsp3) is 0.353. The molecule has 26 heavy (non-hydrogen) atoms. The Labute approximate surface area is 155 Å². The maximum Gasteiger partial charge on any atom is 0.276 e. The second-order valence-corrected chi connectivity index (χ2v) is 6.58. The van der Waals surface area contributed by atoms with E-state index in [1.165, 1.54) is 18.2 Å². The van der Waals surface area contributed by atoms with E-state index in [-0.39, 0.29) is 17.5 Å². The molecule has 0 aliphatic carbocycles. The van der Waals surface area contributed by atoms with Crippen molar-refractivity contribution < 1.29 is 9.72 Å². The number of nitrogens with one attached hydrogen (secondary N) is 1. The third-order valence-electron chi connectivity index (χ3n) is 4.63. The molecule has 1 aliphatic heterocycles. The highest BCUT2D eigenvalue weighted by Crippen LogP contribution is 2.26. The summed E-state index contributed by atoms with van der Waals surface area (Å²) in [6, 6.07) is 6.36. The molecule has 0 spiro atoms. The van der Waals surface area contributed by atoms with Crippen molar-refractivity contribution in [2.45, 2.75) is 18.8 Å². The summed E-state index contributed by atoms with van der Waals surface area (Å²) in [6.45, 7) is 1.23. The Morgan fingerprint density at radius 1 is 1.38 bits per heavy atom. The molecular weight excluding hydrogens is 354 g/mol. The zero-order valence-corrected chi connectivity index (χ0v) is 15.1. The Bertz CT molecular complexity index is 909. The van der Waals surface area contributed by atoms with Crippen molar-refractivity contribution in [2.75, 3.05) is 13.1 Å². The highest BCUT2D eigenvalue weighted by atomic mass is 32.1. The highest BCUT2D eigenvalue weighted by molar-refractivity contribution is 7.71. The standard InChI is InChI=1S/C17H19N5O3S/c1-20-16(18-19-17(20)26)13-8-10-21(11-9-13)15(23)7-6-12-4-2-3-5-14(12)22(24)25/h2-7,13H,8-11H2,1H3,(H,19,26)/b7-6+. The largest absolute Gasteiger partial charge is 0.339 e. The van der Waals surface area contributed by atoms with Gasteiger partial charge in [-0.1, -0.05) is 12.1 Å². The van der Waals surface area contributed by atoms with Gasteiger partial charge >= 0.3 is 0 Å². The van der Waals surface area contributed by atoms with Gasteiger partial charge in [0.1, 0.15) is 5.82 Å². The van der Waals surface area contributed by atoms with Gasteiger partial charge in [-0.3, -0.25) is 20.0 Å². The first-order valence-electron chi connectivity index (χ1n) is 8.29. The summed E-state index contributed by atoms with van der Waals surface area (Å²) in [4.78, 5) is 24.7. The van der Waals surface area contributed by atoms with Crippen LogP contribution in [0.5, 0.6) is 0 Å². The molecule has 2 aromatic rings. The van der Waals surface area contributed by atoms with Crippen molar-refractivity contribution in [2.24, 2.45) is 7.05 Å². The molecule has 9 heteroatoms. The van der Waals surface area contributed by atoms with Crippen LogP contribution < -0.4 is 0 Å². The molecule has 1 aliphatic rings. The Balaban J connectivity index is 1.63. The third-order valence-corrected chi connectivity index (χ3v) is 4.99. The van der Waals surface area contributed by atoms with Crippen LogP contribution in [0.4, 0.5) is 5.69 Å². The Morgan fingerprint density at radius 2 is 2.08 bits per heavy atom. The van der Waals surface area contributed by atoms with E-state index in [9.17, 15) is 14.9 Å². The van der Waals surface area contributed by atoms with E-state index in [0.29, 0.717) is 23.4 Å². The maximum absolute atomic E-state index is 12.4. The Kier molecular flexibility index (Phi) is 5.27. The zero-order chi connectivity index (χ0) is 18.7. The quantitative estimate of drug-likeness (QED) is 0.385. The molecule has 8 nitrogen and oxygen atoms in total. The van der Waals surface area contributed by atoms with Crippen molar-refractivity contribution in [3.8, 4) is 0 Å². The molecule has 0 bridgehead atoms. The number of para-hydroxylation sites is 1. The van der Waals surface area contributed by atoms with Crippen LogP contribution in [0, 0.1) is 14.9 Å². The molecule has 1 aromatic carbocycles. The van der Waals surface area contributed by atoms with E-state index < -0.39 is 4.92 Å². The number of amides is 1. The molecule has 0 radical (unpaired) electrons. The van der Waals surface area contributed by atoms with Crippen molar-refractivity contribution in [3.63, 3.8) is 0 Å². The van der Waals surface area contributed by atoms with Gasteiger partial charge in [-0.25, -0.2) is 0 Å². The molecule has 1 aromatic heterocycles. The number of nitro groups is 1. The van der Waals surface area contributed by atoms with E-state index in [1.54, 1.807) is 23.1 Å². The summed E-state index contributed by atoms with van der Waals surface area (Å²) < 4.78 is 2.46. The summed E-state index contributed by atoms with van der Waals surface area (Å²) in [7, 11) is 1.88. The van der Waals surface area contributed by atoms with Gasteiger partial charge in [0.2, 0.25) is 5.91 Å². The lowest BCUT2D eigenvalue weighted by atomic mass is 9.96. The van der Waals surface area contributed by atoms with Gasteiger partial charge in [0.05, 0.1) is 10.5 Å². The average molecular weight is 373 g/mol. The van der Waals surface area contributed by atoms with E-state index in [1.807, 2.05) is 11.6 Å². The number of aromatic nitrogens is 3. The Hall–Kier alpha value is -2.81. The first-order valence-corrected chi connectivity index (χ1v) is 8.70. The molecule has 136 valence electrons. The lowest BCUT2D eigenvalue weighted by molar-refractivity contribution is -0.385. The summed E-state index contributed by atoms with van der Waals surface area (Å²) in [6.07, 6.45) is 4.51.